The molecule has 1 saturated heterocycles. The van der Waals surface area contributed by atoms with Crippen molar-refractivity contribution >= 4 is 11.8 Å². The second-order valence-corrected chi connectivity index (χ2v) is 6.68. The van der Waals surface area contributed by atoms with Gasteiger partial charge in [-0.05, 0) is 37.3 Å². The number of halogens is 3. The fourth-order valence-corrected chi connectivity index (χ4v) is 2.77. The minimum Gasteiger partial charge on any atom is -0.357 e. The third-order valence-electron chi connectivity index (χ3n) is 4.38. The number of hydrogen-bond acceptors (Lipinski definition) is 3. The minimum absolute atomic E-state index is 0.195. The molecule has 1 aliphatic rings. The Bertz CT molecular complexity index is 563. The van der Waals surface area contributed by atoms with Crippen molar-refractivity contribution in [2.45, 2.75) is 45.8 Å². The third-order valence-corrected chi connectivity index (χ3v) is 4.38. The molecular formula is C18H28F3N5. The molecule has 1 fully saturated rings. The Morgan fingerprint density at radius 3 is 2.58 bits per heavy atom. The highest BCUT2D eigenvalue weighted by Gasteiger charge is 2.26. The first-order valence-corrected chi connectivity index (χ1v) is 9.16. The van der Waals surface area contributed by atoms with Crippen LogP contribution in [-0.4, -0.2) is 43.3 Å². The summed E-state index contributed by atoms with van der Waals surface area (Å²) in [7, 11) is 0. The fourth-order valence-electron chi connectivity index (χ4n) is 2.77. The maximum atomic E-state index is 12.2. The van der Waals surface area contributed by atoms with Crippen molar-refractivity contribution in [2.24, 2.45) is 10.9 Å². The van der Waals surface area contributed by atoms with Gasteiger partial charge >= 0.3 is 6.18 Å². The van der Waals surface area contributed by atoms with Crippen LogP contribution in [0.1, 0.15) is 38.7 Å². The lowest BCUT2D eigenvalue weighted by Gasteiger charge is -2.31. The first-order chi connectivity index (χ1) is 12.4. The van der Waals surface area contributed by atoms with Gasteiger partial charge in [-0.1, -0.05) is 13.0 Å². The molecular weight excluding hydrogens is 343 g/mol. The molecule has 2 N–H and O–H groups in total. The highest BCUT2D eigenvalue weighted by molar-refractivity contribution is 5.79. The maximum absolute atomic E-state index is 12.2. The number of hydrogen-bond donors (Lipinski definition) is 2. The van der Waals surface area contributed by atoms with Crippen molar-refractivity contribution in [3.05, 3.63) is 23.9 Å². The molecule has 2 rings (SSSR count). The highest BCUT2D eigenvalue weighted by Crippen LogP contribution is 2.21. The van der Waals surface area contributed by atoms with Crippen LogP contribution in [0.2, 0.25) is 0 Å². The van der Waals surface area contributed by atoms with E-state index in [9.17, 15) is 13.2 Å². The van der Waals surface area contributed by atoms with E-state index in [-0.39, 0.29) is 6.54 Å². The monoisotopic (exact) mass is 371 g/mol. The lowest BCUT2D eigenvalue weighted by molar-refractivity contribution is -0.132. The zero-order valence-electron chi connectivity index (χ0n) is 15.4. The Kier molecular flexibility index (Phi) is 7.53. The molecule has 5 nitrogen and oxygen atoms in total. The first-order valence-electron chi connectivity index (χ1n) is 9.16. The number of aromatic nitrogens is 1. The van der Waals surface area contributed by atoms with Crippen LogP contribution in [0.4, 0.5) is 19.0 Å². The number of piperidine rings is 1. The molecule has 0 radical (unpaired) electrons. The Morgan fingerprint density at radius 2 is 2.00 bits per heavy atom. The largest absolute Gasteiger partial charge is 0.390 e. The van der Waals surface area contributed by atoms with Crippen LogP contribution in [0, 0.1) is 5.92 Å². The second kappa shape index (κ2) is 9.64. The molecule has 146 valence electrons. The van der Waals surface area contributed by atoms with E-state index in [4.69, 9.17) is 0 Å². The Balaban J connectivity index is 1.87. The molecule has 26 heavy (non-hydrogen) atoms. The van der Waals surface area contributed by atoms with Gasteiger partial charge < -0.3 is 15.5 Å². The lowest BCUT2D eigenvalue weighted by Crippen LogP contribution is -2.38. The summed E-state index contributed by atoms with van der Waals surface area (Å²) >= 11 is 0. The number of nitrogens with one attached hydrogen (secondary N) is 2. The second-order valence-electron chi connectivity index (χ2n) is 6.68. The summed E-state index contributed by atoms with van der Waals surface area (Å²) in [6, 6.07) is 3.97. The SMILES string of the molecule is CCNC(=NCc1ccc(N2CCC(C)CC2)nc1)NCCC(F)(F)F. The van der Waals surface area contributed by atoms with Crippen LogP contribution in [-0.2, 0) is 6.54 Å². The van der Waals surface area contributed by atoms with Crippen LogP contribution >= 0.6 is 0 Å². The molecule has 0 aromatic carbocycles. The lowest BCUT2D eigenvalue weighted by atomic mass is 9.99. The van der Waals surface area contributed by atoms with Gasteiger partial charge in [0.25, 0.3) is 0 Å². The quantitative estimate of drug-likeness (QED) is 0.595. The zero-order valence-corrected chi connectivity index (χ0v) is 15.4. The van der Waals surface area contributed by atoms with Crippen LogP contribution in [0.3, 0.4) is 0 Å². The molecule has 2 heterocycles. The first kappa shape index (κ1) is 20.3. The summed E-state index contributed by atoms with van der Waals surface area (Å²) in [6.07, 6.45) is -0.901. The Labute approximate surface area is 153 Å². The number of rotatable bonds is 6. The van der Waals surface area contributed by atoms with Crippen molar-refractivity contribution in [3.8, 4) is 0 Å². The molecule has 1 aliphatic heterocycles. The summed E-state index contributed by atoms with van der Waals surface area (Å²) in [4.78, 5) is 11.1. The predicted molar refractivity (Wildman–Crippen MR) is 98.3 cm³/mol. The molecule has 0 amide bonds. The smallest absolute Gasteiger partial charge is 0.357 e. The zero-order chi connectivity index (χ0) is 19.0. The summed E-state index contributed by atoms with van der Waals surface area (Å²) in [5.74, 6) is 2.12. The number of alkyl halides is 3. The minimum atomic E-state index is -4.17. The van der Waals surface area contributed by atoms with Crippen molar-refractivity contribution in [1.82, 2.24) is 15.6 Å². The molecule has 1 aromatic heterocycles. The van der Waals surface area contributed by atoms with E-state index in [1.54, 1.807) is 6.20 Å². The Hall–Kier alpha value is -1.99. The van der Waals surface area contributed by atoms with Gasteiger partial charge in [-0.15, -0.1) is 0 Å². The van der Waals surface area contributed by atoms with Crippen molar-refractivity contribution in [2.75, 3.05) is 31.1 Å². The molecule has 0 spiro atoms. The van der Waals surface area contributed by atoms with E-state index in [1.807, 2.05) is 19.1 Å². The molecule has 0 unspecified atom stereocenters. The van der Waals surface area contributed by atoms with E-state index < -0.39 is 12.6 Å². The molecule has 1 aromatic rings. The predicted octanol–water partition coefficient (Wildman–Crippen LogP) is 3.33. The van der Waals surface area contributed by atoms with E-state index in [1.165, 1.54) is 12.8 Å². The van der Waals surface area contributed by atoms with Crippen molar-refractivity contribution in [3.63, 3.8) is 0 Å². The standard InChI is InChI=1S/C18H28F3N5/c1-3-22-17(23-9-8-18(19,20)21)25-13-15-4-5-16(24-12-15)26-10-6-14(2)7-11-26/h4-5,12,14H,3,6-11,13H2,1-2H3,(H2,22,23,25). The average molecular weight is 371 g/mol. The van der Waals surface area contributed by atoms with Gasteiger partial charge in [0.2, 0.25) is 0 Å². The van der Waals surface area contributed by atoms with Gasteiger partial charge in [0, 0.05) is 32.4 Å². The summed E-state index contributed by atoms with van der Waals surface area (Å²) in [6.45, 7) is 6.96. The van der Waals surface area contributed by atoms with E-state index >= 15 is 0 Å². The number of pyridine rings is 1. The normalized spacial score (nSPS) is 16.7. The average Bonchev–Trinajstić information content (AvgIpc) is 2.60. The van der Waals surface area contributed by atoms with E-state index in [0.29, 0.717) is 19.0 Å². The van der Waals surface area contributed by atoms with E-state index in [0.717, 1.165) is 30.4 Å². The molecule has 0 saturated carbocycles. The number of nitrogens with zero attached hydrogens (tertiary/aromatic N) is 3. The third kappa shape index (κ3) is 7.09. The van der Waals surface area contributed by atoms with Crippen LogP contribution in [0.5, 0.6) is 0 Å². The number of anilines is 1. The van der Waals surface area contributed by atoms with Gasteiger partial charge in [0.15, 0.2) is 5.96 Å². The number of aliphatic imine (C=N–C) groups is 1. The van der Waals surface area contributed by atoms with Crippen molar-refractivity contribution < 1.29 is 13.2 Å². The molecule has 8 heteroatoms. The van der Waals surface area contributed by atoms with Gasteiger partial charge in [-0.25, -0.2) is 9.98 Å². The highest BCUT2D eigenvalue weighted by atomic mass is 19.4. The maximum Gasteiger partial charge on any atom is 0.390 e. The summed E-state index contributed by atoms with van der Waals surface area (Å²) in [5.41, 5.74) is 0.923. The van der Waals surface area contributed by atoms with Gasteiger partial charge in [-0.2, -0.15) is 13.2 Å². The van der Waals surface area contributed by atoms with Crippen LogP contribution in [0.25, 0.3) is 0 Å². The Morgan fingerprint density at radius 1 is 1.27 bits per heavy atom. The van der Waals surface area contributed by atoms with Gasteiger partial charge in [-0.3, -0.25) is 0 Å². The molecule has 0 atom stereocenters. The van der Waals surface area contributed by atoms with Gasteiger partial charge in [0.1, 0.15) is 5.82 Å². The van der Waals surface area contributed by atoms with Gasteiger partial charge in [0.05, 0.1) is 13.0 Å². The summed E-state index contributed by atoms with van der Waals surface area (Å²) in [5, 5.41) is 5.65. The van der Waals surface area contributed by atoms with Crippen molar-refractivity contribution in [1.29, 1.82) is 0 Å². The number of guanidine groups is 1. The van der Waals surface area contributed by atoms with E-state index in [2.05, 4.69) is 32.4 Å². The molecule has 0 aliphatic carbocycles. The molecule has 0 bridgehead atoms. The topological polar surface area (TPSA) is 52.6 Å². The van der Waals surface area contributed by atoms with Crippen LogP contribution < -0.4 is 15.5 Å². The fraction of sp³-hybridized carbons (Fsp3) is 0.667. The van der Waals surface area contributed by atoms with Crippen LogP contribution in [0.15, 0.2) is 23.3 Å². The summed E-state index contributed by atoms with van der Waals surface area (Å²) < 4.78 is 36.7.